The molecule has 0 aliphatic heterocycles. The Morgan fingerprint density at radius 1 is 1.17 bits per heavy atom. The number of imide groups is 1. The van der Waals surface area contributed by atoms with Crippen molar-refractivity contribution < 1.29 is 23.9 Å². The summed E-state index contributed by atoms with van der Waals surface area (Å²) in [6.45, 7) is 3.17. The Morgan fingerprint density at radius 2 is 1.87 bits per heavy atom. The smallest absolute Gasteiger partial charge is 0.325 e. The highest BCUT2D eigenvalue weighted by Crippen LogP contribution is 2.29. The number of nitrogens with two attached hydrogens (primary N) is 1. The fraction of sp³-hybridized carbons (Fsp3) is 0.714. The van der Waals surface area contributed by atoms with Crippen LogP contribution in [-0.4, -0.2) is 43.1 Å². The van der Waals surface area contributed by atoms with E-state index in [1.165, 1.54) is 0 Å². The van der Waals surface area contributed by atoms with Crippen LogP contribution in [0.2, 0.25) is 0 Å². The van der Waals surface area contributed by atoms with Gasteiger partial charge in [-0.25, -0.2) is 9.59 Å². The number of rotatable bonds is 5. The predicted octanol–water partition coefficient (Wildman–Crippen LogP) is -0.152. The van der Waals surface area contributed by atoms with Gasteiger partial charge in [0, 0.05) is 6.04 Å². The van der Waals surface area contributed by atoms with Crippen LogP contribution in [-0.2, 0) is 14.3 Å². The molecule has 0 aromatic carbocycles. The van der Waals surface area contributed by atoms with Gasteiger partial charge in [0.25, 0.3) is 5.91 Å². The summed E-state index contributed by atoms with van der Waals surface area (Å²) in [5, 5.41) is 6.90. The van der Waals surface area contributed by atoms with Gasteiger partial charge in [-0.05, 0) is 18.3 Å². The topological polar surface area (TPSA) is 140 Å². The minimum atomic E-state index is -0.874. The van der Waals surface area contributed by atoms with Gasteiger partial charge in [-0.2, -0.15) is 0 Å². The second-order valence-corrected chi connectivity index (χ2v) is 5.77. The molecule has 0 heterocycles. The second kappa shape index (κ2) is 8.96. The average molecular weight is 328 g/mol. The van der Waals surface area contributed by atoms with Crippen LogP contribution in [0.1, 0.15) is 33.1 Å². The SMILES string of the molecule is C[C@@H]1[C@H](C)CCC[C@H]1NC(=O)NC(=O)COC(=O)CNC(N)=O. The number of primary amides is 1. The Kier molecular flexibility index (Phi) is 7.30. The van der Waals surface area contributed by atoms with Crippen molar-refractivity contribution in [3.8, 4) is 0 Å². The Morgan fingerprint density at radius 3 is 2.52 bits per heavy atom. The van der Waals surface area contributed by atoms with Crippen LogP contribution in [0.15, 0.2) is 0 Å². The first-order valence-electron chi connectivity index (χ1n) is 7.59. The lowest BCUT2D eigenvalue weighted by Crippen LogP contribution is -2.50. The second-order valence-electron chi connectivity index (χ2n) is 5.77. The standard InChI is InChI=1S/C14H24N4O5/c1-8-4-3-5-10(9(8)2)17-14(22)18-11(19)7-23-12(20)6-16-13(15)21/h8-10H,3-7H2,1-2H3,(H3,15,16,21)(H2,17,18,19,22)/t8-,9-,10-/m1/s1. The number of amides is 5. The molecule has 1 aliphatic carbocycles. The highest BCUT2D eigenvalue weighted by molar-refractivity contribution is 5.95. The molecule has 1 fully saturated rings. The van der Waals surface area contributed by atoms with Crippen molar-refractivity contribution in [2.75, 3.05) is 13.2 Å². The van der Waals surface area contributed by atoms with Gasteiger partial charge >= 0.3 is 18.0 Å². The third-order valence-electron chi connectivity index (χ3n) is 4.05. The fourth-order valence-corrected chi connectivity index (χ4v) is 2.51. The Bertz CT molecular complexity index is 468. The zero-order valence-corrected chi connectivity index (χ0v) is 13.4. The molecule has 0 unspecified atom stereocenters. The molecular formula is C14H24N4O5. The maximum absolute atomic E-state index is 11.8. The molecule has 0 saturated heterocycles. The molecule has 5 N–H and O–H groups in total. The Balaban J connectivity index is 2.27. The van der Waals surface area contributed by atoms with Crippen molar-refractivity contribution in [3.05, 3.63) is 0 Å². The van der Waals surface area contributed by atoms with Crippen molar-refractivity contribution in [2.24, 2.45) is 17.6 Å². The van der Waals surface area contributed by atoms with Gasteiger partial charge in [0.1, 0.15) is 6.54 Å². The van der Waals surface area contributed by atoms with E-state index in [0.29, 0.717) is 11.8 Å². The van der Waals surface area contributed by atoms with Crippen molar-refractivity contribution in [2.45, 2.75) is 39.2 Å². The molecule has 9 nitrogen and oxygen atoms in total. The van der Waals surface area contributed by atoms with Crippen LogP contribution in [0.4, 0.5) is 9.59 Å². The number of carbonyl (C=O) groups excluding carboxylic acids is 4. The van der Waals surface area contributed by atoms with Gasteiger partial charge < -0.3 is 21.1 Å². The zero-order chi connectivity index (χ0) is 17.4. The van der Waals surface area contributed by atoms with Gasteiger partial charge in [-0.15, -0.1) is 0 Å². The molecule has 0 aromatic heterocycles. The number of esters is 1. The summed E-state index contributed by atoms with van der Waals surface area (Å²) in [5.41, 5.74) is 4.78. The summed E-state index contributed by atoms with van der Waals surface area (Å²) in [7, 11) is 0. The van der Waals surface area contributed by atoms with E-state index in [1.54, 1.807) is 0 Å². The number of nitrogens with one attached hydrogen (secondary N) is 3. The van der Waals surface area contributed by atoms with Crippen LogP contribution < -0.4 is 21.7 Å². The lowest BCUT2D eigenvalue weighted by molar-refractivity contribution is -0.147. The Hall–Kier alpha value is -2.32. The maximum Gasteiger partial charge on any atom is 0.325 e. The molecule has 1 aliphatic rings. The van der Waals surface area contributed by atoms with Gasteiger partial charge in [-0.3, -0.25) is 14.9 Å². The number of hydrogen-bond acceptors (Lipinski definition) is 5. The molecule has 1 saturated carbocycles. The summed E-state index contributed by atoms with van der Waals surface area (Å²) in [4.78, 5) is 44.9. The Labute approximate surface area is 134 Å². The van der Waals surface area contributed by atoms with Crippen molar-refractivity contribution >= 4 is 23.9 Å². The van der Waals surface area contributed by atoms with E-state index in [2.05, 4.69) is 29.2 Å². The highest BCUT2D eigenvalue weighted by Gasteiger charge is 2.28. The van der Waals surface area contributed by atoms with Gasteiger partial charge in [-0.1, -0.05) is 26.7 Å². The number of urea groups is 2. The van der Waals surface area contributed by atoms with Crippen molar-refractivity contribution in [1.82, 2.24) is 16.0 Å². The number of hydrogen-bond donors (Lipinski definition) is 4. The summed E-state index contributed by atoms with van der Waals surface area (Å²) < 4.78 is 4.58. The minimum absolute atomic E-state index is 0.0221. The van der Waals surface area contributed by atoms with E-state index in [4.69, 9.17) is 5.73 Å². The molecule has 0 bridgehead atoms. The average Bonchev–Trinajstić information content (AvgIpc) is 2.47. The maximum atomic E-state index is 11.8. The van der Waals surface area contributed by atoms with E-state index in [0.717, 1.165) is 19.3 Å². The summed E-state index contributed by atoms with van der Waals surface area (Å²) >= 11 is 0. The number of carbonyl (C=O) groups is 4. The van der Waals surface area contributed by atoms with Crippen LogP contribution >= 0.6 is 0 Å². The molecule has 3 atom stereocenters. The first kappa shape index (κ1) is 18.7. The normalized spacial score (nSPS) is 23.5. The lowest BCUT2D eigenvalue weighted by Gasteiger charge is -2.34. The third-order valence-corrected chi connectivity index (χ3v) is 4.05. The molecule has 0 aromatic rings. The summed E-state index contributed by atoms with van der Waals surface area (Å²) in [6, 6.07) is -1.46. The molecule has 1 rings (SSSR count). The fourth-order valence-electron chi connectivity index (χ4n) is 2.51. The van der Waals surface area contributed by atoms with E-state index in [9.17, 15) is 19.2 Å². The minimum Gasteiger partial charge on any atom is -0.454 e. The first-order chi connectivity index (χ1) is 10.8. The predicted molar refractivity (Wildman–Crippen MR) is 81.2 cm³/mol. The quantitative estimate of drug-likeness (QED) is 0.520. The molecule has 0 radical (unpaired) electrons. The van der Waals surface area contributed by atoms with Crippen LogP contribution in [0.25, 0.3) is 0 Å². The largest absolute Gasteiger partial charge is 0.454 e. The van der Waals surface area contributed by atoms with Gasteiger partial charge in [0.05, 0.1) is 0 Å². The molecule has 0 spiro atoms. The van der Waals surface area contributed by atoms with Gasteiger partial charge in [0.15, 0.2) is 6.61 Å². The van der Waals surface area contributed by atoms with Crippen LogP contribution in [0.3, 0.4) is 0 Å². The van der Waals surface area contributed by atoms with E-state index in [1.807, 2.05) is 5.32 Å². The lowest BCUT2D eigenvalue weighted by atomic mass is 9.78. The van der Waals surface area contributed by atoms with Crippen molar-refractivity contribution in [1.29, 1.82) is 0 Å². The van der Waals surface area contributed by atoms with E-state index >= 15 is 0 Å². The molecule has 5 amide bonds. The monoisotopic (exact) mass is 328 g/mol. The van der Waals surface area contributed by atoms with E-state index in [-0.39, 0.29) is 6.04 Å². The van der Waals surface area contributed by atoms with Gasteiger partial charge in [0.2, 0.25) is 0 Å². The third kappa shape index (κ3) is 6.98. The van der Waals surface area contributed by atoms with Crippen LogP contribution in [0, 0.1) is 11.8 Å². The number of ether oxygens (including phenoxy) is 1. The summed E-state index contributed by atoms with van der Waals surface area (Å²) in [6.07, 6.45) is 3.05. The molecule has 130 valence electrons. The first-order valence-corrected chi connectivity index (χ1v) is 7.59. The van der Waals surface area contributed by atoms with E-state index < -0.39 is 37.1 Å². The van der Waals surface area contributed by atoms with Crippen molar-refractivity contribution in [3.63, 3.8) is 0 Å². The molecule has 9 heteroatoms. The zero-order valence-electron chi connectivity index (χ0n) is 13.4. The van der Waals surface area contributed by atoms with Crippen LogP contribution in [0.5, 0.6) is 0 Å². The molecular weight excluding hydrogens is 304 g/mol. The summed E-state index contributed by atoms with van der Waals surface area (Å²) in [5.74, 6) is -0.716. The molecule has 23 heavy (non-hydrogen) atoms. The highest BCUT2D eigenvalue weighted by atomic mass is 16.5.